The van der Waals surface area contributed by atoms with Crippen LogP contribution in [0.3, 0.4) is 0 Å². The number of amides is 1. The second-order valence-corrected chi connectivity index (χ2v) is 8.43. The molecule has 0 spiro atoms. The zero-order valence-electron chi connectivity index (χ0n) is 16.3. The highest BCUT2D eigenvalue weighted by atomic mass is 35.5. The molecule has 4 heteroatoms. The Morgan fingerprint density at radius 1 is 1.04 bits per heavy atom. The Bertz CT molecular complexity index is 715. The largest absolute Gasteiger partial charge is 0.345 e. The van der Waals surface area contributed by atoms with Gasteiger partial charge in [0.2, 0.25) is 0 Å². The lowest BCUT2D eigenvalue weighted by Crippen LogP contribution is -2.31. The Morgan fingerprint density at radius 3 is 2.12 bits per heavy atom. The number of benzene rings is 2. The van der Waals surface area contributed by atoms with Gasteiger partial charge < -0.3 is 10.2 Å². The molecular weight excluding hydrogens is 344 g/mol. The summed E-state index contributed by atoms with van der Waals surface area (Å²) in [6, 6.07) is 15.5. The summed E-state index contributed by atoms with van der Waals surface area (Å²) in [7, 11) is 4.07. The van der Waals surface area contributed by atoms with Crippen LogP contribution in [-0.2, 0) is 5.41 Å². The van der Waals surface area contributed by atoms with Gasteiger partial charge in [-0.2, -0.15) is 0 Å². The van der Waals surface area contributed by atoms with Gasteiger partial charge in [0.1, 0.15) is 0 Å². The number of hydrogen-bond donors (Lipinski definition) is 1. The fourth-order valence-electron chi connectivity index (χ4n) is 2.77. The SMILES string of the molecule is CN(C)CCC(NC(=O)c1ccc(C(C)(C)C)cc1)c1ccc(Cl)cc1. The molecule has 1 unspecified atom stereocenters. The van der Waals surface area contributed by atoms with Gasteiger partial charge in [0.15, 0.2) is 0 Å². The second kappa shape index (κ2) is 8.70. The summed E-state index contributed by atoms with van der Waals surface area (Å²) >= 11 is 6.00. The maximum atomic E-state index is 12.8. The highest BCUT2D eigenvalue weighted by Crippen LogP contribution is 2.23. The summed E-state index contributed by atoms with van der Waals surface area (Å²) in [6.07, 6.45) is 0.834. The van der Waals surface area contributed by atoms with Crippen LogP contribution >= 0.6 is 11.6 Å². The predicted octanol–water partition coefficient (Wildman–Crippen LogP) is 5.06. The van der Waals surface area contributed by atoms with Gasteiger partial charge in [0.25, 0.3) is 5.91 Å². The Balaban J connectivity index is 2.15. The van der Waals surface area contributed by atoms with Crippen LogP contribution < -0.4 is 5.32 Å². The maximum Gasteiger partial charge on any atom is 0.251 e. The van der Waals surface area contributed by atoms with Gasteiger partial charge in [-0.05, 0) is 67.9 Å². The van der Waals surface area contributed by atoms with Crippen molar-refractivity contribution in [1.82, 2.24) is 10.2 Å². The molecule has 1 atom stereocenters. The van der Waals surface area contributed by atoms with E-state index in [4.69, 9.17) is 11.6 Å². The normalized spacial score (nSPS) is 12.9. The predicted molar refractivity (Wildman–Crippen MR) is 110 cm³/mol. The highest BCUT2D eigenvalue weighted by Gasteiger charge is 2.18. The molecule has 0 heterocycles. The maximum absolute atomic E-state index is 12.8. The zero-order chi connectivity index (χ0) is 19.3. The molecule has 0 aliphatic carbocycles. The summed E-state index contributed by atoms with van der Waals surface area (Å²) in [4.78, 5) is 14.9. The molecule has 1 N–H and O–H groups in total. The summed E-state index contributed by atoms with van der Waals surface area (Å²) < 4.78 is 0. The van der Waals surface area contributed by atoms with Gasteiger partial charge in [0, 0.05) is 10.6 Å². The van der Waals surface area contributed by atoms with E-state index in [1.165, 1.54) is 5.56 Å². The van der Waals surface area contributed by atoms with Crippen LogP contribution in [-0.4, -0.2) is 31.4 Å². The van der Waals surface area contributed by atoms with Crippen molar-refractivity contribution in [2.45, 2.75) is 38.6 Å². The highest BCUT2D eigenvalue weighted by molar-refractivity contribution is 6.30. The van der Waals surface area contributed by atoms with E-state index in [-0.39, 0.29) is 17.4 Å². The fourth-order valence-corrected chi connectivity index (χ4v) is 2.89. The van der Waals surface area contributed by atoms with Crippen LogP contribution in [0.15, 0.2) is 48.5 Å². The Morgan fingerprint density at radius 2 is 1.62 bits per heavy atom. The van der Waals surface area contributed by atoms with Crippen molar-refractivity contribution in [3.05, 3.63) is 70.2 Å². The first-order chi connectivity index (χ1) is 12.2. The van der Waals surface area contributed by atoms with Crippen LogP contribution in [0.25, 0.3) is 0 Å². The van der Waals surface area contributed by atoms with E-state index in [1.807, 2.05) is 62.6 Å². The molecule has 26 heavy (non-hydrogen) atoms. The molecule has 0 saturated heterocycles. The number of nitrogens with one attached hydrogen (secondary N) is 1. The third-order valence-corrected chi connectivity index (χ3v) is 4.71. The van der Waals surface area contributed by atoms with E-state index in [0.717, 1.165) is 18.5 Å². The van der Waals surface area contributed by atoms with Gasteiger partial charge in [0.05, 0.1) is 6.04 Å². The van der Waals surface area contributed by atoms with Crippen LogP contribution in [0.2, 0.25) is 5.02 Å². The van der Waals surface area contributed by atoms with Crippen LogP contribution in [0.4, 0.5) is 0 Å². The Hall–Kier alpha value is -1.84. The van der Waals surface area contributed by atoms with Crippen molar-refractivity contribution in [3.8, 4) is 0 Å². The van der Waals surface area contributed by atoms with E-state index in [1.54, 1.807) is 0 Å². The Kier molecular flexibility index (Phi) is 6.85. The zero-order valence-corrected chi connectivity index (χ0v) is 17.1. The number of halogens is 1. The number of carbonyl (C=O) groups excluding carboxylic acids is 1. The molecule has 2 aromatic carbocycles. The molecule has 140 valence electrons. The lowest BCUT2D eigenvalue weighted by atomic mass is 9.86. The molecule has 0 radical (unpaired) electrons. The van der Waals surface area contributed by atoms with Crippen LogP contribution in [0.5, 0.6) is 0 Å². The summed E-state index contributed by atoms with van der Waals surface area (Å²) in [5.41, 5.74) is 3.04. The van der Waals surface area contributed by atoms with Crippen molar-refractivity contribution in [3.63, 3.8) is 0 Å². The van der Waals surface area contributed by atoms with Crippen LogP contribution in [0, 0.1) is 0 Å². The van der Waals surface area contributed by atoms with Gasteiger partial charge in [-0.1, -0.05) is 56.6 Å². The third kappa shape index (κ3) is 5.86. The number of hydrogen-bond acceptors (Lipinski definition) is 2. The van der Waals surface area contributed by atoms with Crippen molar-refractivity contribution in [1.29, 1.82) is 0 Å². The average Bonchev–Trinajstić information content (AvgIpc) is 2.58. The van der Waals surface area contributed by atoms with Crippen molar-refractivity contribution >= 4 is 17.5 Å². The van der Waals surface area contributed by atoms with E-state index in [9.17, 15) is 4.79 Å². The molecule has 2 aromatic rings. The minimum atomic E-state index is -0.0517. The van der Waals surface area contributed by atoms with Gasteiger partial charge in [-0.3, -0.25) is 4.79 Å². The molecule has 2 rings (SSSR count). The second-order valence-electron chi connectivity index (χ2n) is 8.00. The van der Waals surface area contributed by atoms with E-state index in [0.29, 0.717) is 10.6 Å². The van der Waals surface area contributed by atoms with Crippen LogP contribution in [0.1, 0.15) is 54.7 Å². The molecule has 0 saturated carbocycles. The standard InChI is InChI=1S/C22H29ClN2O/c1-22(2,3)18-10-6-17(7-11-18)21(26)24-20(14-15-25(4)5)16-8-12-19(23)13-9-16/h6-13,20H,14-15H2,1-5H3,(H,24,26). The molecule has 0 bridgehead atoms. The van der Waals surface area contributed by atoms with Gasteiger partial charge in [-0.25, -0.2) is 0 Å². The minimum absolute atomic E-state index is 0.0514. The molecule has 0 fully saturated rings. The molecule has 1 amide bonds. The summed E-state index contributed by atoms with van der Waals surface area (Å²) in [5, 5.41) is 3.87. The third-order valence-electron chi connectivity index (χ3n) is 4.46. The number of rotatable bonds is 6. The number of nitrogens with zero attached hydrogens (tertiary/aromatic N) is 1. The van der Waals surface area contributed by atoms with E-state index < -0.39 is 0 Å². The van der Waals surface area contributed by atoms with Crippen molar-refractivity contribution in [2.24, 2.45) is 0 Å². The topological polar surface area (TPSA) is 32.3 Å². The summed E-state index contributed by atoms with van der Waals surface area (Å²) in [5.74, 6) is -0.0517. The minimum Gasteiger partial charge on any atom is -0.345 e. The van der Waals surface area contributed by atoms with Gasteiger partial charge in [-0.15, -0.1) is 0 Å². The van der Waals surface area contributed by atoms with Crippen molar-refractivity contribution in [2.75, 3.05) is 20.6 Å². The first kappa shape index (κ1) is 20.5. The first-order valence-corrected chi connectivity index (χ1v) is 9.36. The molecule has 0 aromatic heterocycles. The lowest BCUT2D eigenvalue weighted by Gasteiger charge is -2.22. The first-order valence-electron chi connectivity index (χ1n) is 8.98. The van der Waals surface area contributed by atoms with E-state index in [2.05, 4.69) is 31.0 Å². The molecular formula is C22H29ClN2O. The quantitative estimate of drug-likeness (QED) is 0.768. The lowest BCUT2D eigenvalue weighted by molar-refractivity contribution is 0.0932. The molecule has 0 aliphatic rings. The Labute approximate surface area is 162 Å². The van der Waals surface area contributed by atoms with Gasteiger partial charge >= 0.3 is 0 Å². The molecule has 3 nitrogen and oxygen atoms in total. The van der Waals surface area contributed by atoms with E-state index >= 15 is 0 Å². The number of carbonyl (C=O) groups is 1. The summed E-state index contributed by atoms with van der Waals surface area (Å²) in [6.45, 7) is 7.39. The van der Waals surface area contributed by atoms with Crippen molar-refractivity contribution < 1.29 is 4.79 Å². The molecule has 0 aliphatic heterocycles. The fraction of sp³-hybridized carbons (Fsp3) is 0.409. The average molecular weight is 373 g/mol. The smallest absolute Gasteiger partial charge is 0.251 e. The monoisotopic (exact) mass is 372 g/mol.